The molecule has 0 N–H and O–H groups in total. The molecule has 1 amide bonds. The molecule has 0 spiro atoms. The number of anilines is 2. The molecule has 0 unspecified atom stereocenters. The van der Waals surface area contributed by atoms with Crippen molar-refractivity contribution >= 4 is 17.4 Å². The van der Waals surface area contributed by atoms with Crippen molar-refractivity contribution in [2.24, 2.45) is 0 Å². The van der Waals surface area contributed by atoms with Gasteiger partial charge in [-0.3, -0.25) is 4.79 Å². The predicted octanol–water partition coefficient (Wildman–Crippen LogP) is 5.21. The van der Waals surface area contributed by atoms with Crippen LogP contribution in [-0.2, 0) is 13.0 Å². The van der Waals surface area contributed by atoms with Gasteiger partial charge in [-0.25, -0.2) is 4.98 Å². The normalized spacial score (nSPS) is 14.0. The second kappa shape index (κ2) is 8.80. The molecule has 0 atom stereocenters. The van der Waals surface area contributed by atoms with E-state index in [1.807, 2.05) is 7.05 Å². The van der Waals surface area contributed by atoms with Crippen molar-refractivity contribution in [3.8, 4) is 0 Å². The smallest absolute Gasteiger partial charge is 0.275 e. The number of hydrogen-bond acceptors (Lipinski definition) is 3. The van der Waals surface area contributed by atoms with Gasteiger partial charge in [0.2, 0.25) is 0 Å². The first-order valence-electron chi connectivity index (χ1n) is 10.7. The fourth-order valence-corrected chi connectivity index (χ4v) is 4.09. The quantitative estimate of drug-likeness (QED) is 0.588. The van der Waals surface area contributed by atoms with Gasteiger partial charge in [-0.05, 0) is 31.9 Å². The number of nitrogens with zero attached hydrogens (tertiary/aromatic N) is 4. The molecule has 0 fully saturated rings. The average molecular weight is 383 g/mol. The third-order valence-electron chi connectivity index (χ3n) is 5.63. The summed E-state index contributed by atoms with van der Waals surface area (Å²) in [5, 5.41) is 0. The molecule has 1 aromatic heterocycles. The summed E-state index contributed by atoms with van der Waals surface area (Å²) < 4.78 is 2.18. The Balaban J connectivity index is 1.97. The number of amides is 1. The van der Waals surface area contributed by atoms with E-state index in [0.717, 1.165) is 42.4 Å². The van der Waals surface area contributed by atoms with Gasteiger partial charge in [-0.1, -0.05) is 57.2 Å². The number of hydrogen-bond donors (Lipinski definition) is 0. The van der Waals surface area contributed by atoms with Crippen LogP contribution in [0.1, 0.15) is 73.4 Å². The van der Waals surface area contributed by atoms with E-state index in [1.165, 1.54) is 36.8 Å². The number of benzene rings is 1. The molecule has 1 aliphatic rings. The highest BCUT2D eigenvalue weighted by Crippen LogP contribution is 2.35. The summed E-state index contributed by atoms with van der Waals surface area (Å²) >= 11 is 0. The Hall–Kier alpha value is -2.30. The van der Waals surface area contributed by atoms with Crippen LogP contribution < -0.4 is 4.90 Å². The second-order valence-corrected chi connectivity index (χ2v) is 7.98. The van der Waals surface area contributed by atoms with Gasteiger partial charge < -0.3 is 14.4 Å². The molecular weight excluding hydrogens is 348 g/mol. The van der Waals surface area contributed by atoms with Crippen LogP contribution in [0.2, 0.25) is 0 Å². The molecule has 152 valence electrons. The van der Waals surface area contributed by atoms with Gasteiger partial charge in [0.25, 0.3) is 5.91 Å². The number of unbranched alkanes of at least 4 members (excludes halogenated alkanes) is 4. The SMILES string of the molecule is CCCCCCCn1c(CC)nc2c1C(=O)N(C)CN2c1ccc(C)cc1C. The molecule has 28 heavy (non-hydrogen) atoms. The Bertz CT molecular complexity index is 839. The summed E-state index contributed by atoms with van der Waals surface area (Å²) in [7, 11) is 1.88. The highest BCUT2D eigenvalue weighted by Gasteiger charge is 2.34. The van der Waals surface area contributed by atoms with E-state index in [1.54, 1.807) is 4.90 Å². The third-order valence-corrected chi connectivity index (χ3v) is 5.63. The second-order valence-electron chi connectivity index (χ2n) is 7.98. The van der Waals surface area contributed by atoms with E-state index >= 15 is 0 Å². The van der Waals surface area contributed by atoms with Gasteiger partial charge in [-0.2, -0.15) is 0 Å². The molecule has 5 nitrogen and oxygen atoms in total. The maximum Gasteiger partial charge on any atom is 0.275 e. The first kappa shape index (κ1) is 20.4. The van der Waals surface area contributed by atoms with Gasteiger partial charge in [0.15, 0.2) is 11.5 Å². The summed E-state index contributed by atoms with van der Waals surface area (Å²) in [6.07, 6.45) is 6.92. The van der Waals surface area contributed by atoms with E-state index < -0.39 is 0 Å². The van der Waals surface area contributed by atoms with Crippen LogP contribution in [-0.4, -0.2) is 34.1 Å². The largest absolute Gasteiger partial charge is 0.322 e. The van der Waals surface area contributed by atoms with Crippen LogP contribution in [0.5, 0.6) is 0 Å². The Labute approximate surface area is 169 Å². The van der Waals surface area contributed by atoms with E-state index in [4.69, 9.17) is 4.98 Å². The summed E-state index contributed by atoms with van der Waals surface area (Å²) in [4.78, 5) is 22.0. The molecule has 3 rings (SSSR count). The number of imidazole rings is 1. The van der Waals surface area contributed by atoms with Crippen LogP contribution in [0.4, 0.5) is 11.5 Å². The lowest BCUT2D eigenvalue weighted by molar-refractivity contribution is 0.0775. The van der Waals surface area contributed by atoms with Gasteiger partial charge in [0, 0.05) is 25.7 Å². The summed E-state index contributed by atoms with van der Waals surface area (Å²) in [6.45, 7) is 10.00. The van der Waals surface area contributed by atoms with E-state index in [0.29, 0.717) is 6.67 Å². The first-order valence-corrected chi connectivity index (χ1v) is 10.7. The van der Waals surface area contributed by atoms with Crippen LogP contribution >= 0.6 is 0 Å². The van der Waals surface area contributed by atoms with E-state index in [9.17, 15) is 4.79 Å². The zero-order chi connectivity index (χ0) is 20.3. The summed E-state index contributed by atoms with van der Waals surface area (Å²) in [5.74, 6) is 1.91. The van der Waals surface area contributed by atoms with Crippen molar-refractivity contribution < 1.29 is 4.79 Å². The number of aryl methyl sites for hydroxylation is 3. The Morgan fingerprint density at radius 1 is 1.07 bits per heavy atom. The zero-order valence-corrected chi connectivity index (χ0v) is 18.1. The number of carbonyl (C=O) groups excluding carboxylic acids is 1. The Kier molecular flexibility index (Phi) is 6.42. The fraction of sp³-hybridized carbons (Fsp3) is 0.565. The zero-order valence-electron chi connectivity index (χ0n) is 18.1. The molecule has 0 radical (unpaired) electrons. The molecule has 5 heteroatoms. The molecule has 1 aliphatic heterocycles. The maximum absolute atomic E-state index is 13.1. The lowest BCUT2D eigenvalue weighted by Gasteiger charge is -2.34. The van der Waals surface area contributed by atoms with Crippen molar-refractivity contribution in [2.75, 3.05) is 18.6 Å². The van der Waals surface area contributed by atoms with Crippen LogP contribution in [0.25, 0.3) is 0 Å². The van der Waals surface area contributed by atoms with Gasteiger partial charge in [0.05, 0.1) is 6.67 Å². The monoisotopic (exact) mass is 382 g/mol. The molecular formula is C23H34N4O. The summed E-state index contributed by atoms with van der Waals surface area (Å²) in [5.41, 5.74) is 4.33. The highest BCUT2D eigenvalue weighted by molar-refractivity contribution is 6.00. The van der Waals surface area contributed by atoms with E-state index in [2.05, 4.69) is 55.4 Å². The van der Waals surface area contributed by atoms with Crippen LogP contribution in [0.3, 0.4) is 0 Å². The number of carbonyl (C=O) groups is 1. The molecule has 0 saturated carbocycles. The minimum atomic E-state index is 0.0803. The fourth-order valence-electron chi connectivity index (χ4n) is 4.09. The predicted molar refractivity (Wildman–Crippen MR) is 115 cm³/mol. The average Bonchev–Trinajstić information content (AvgIpc) is 3.04. The standard InChI is InChI=1S/C23H34N4O/c1-6-8-9-10-11-14-26-20(7-2)24-22-21(26)23(28)25(5)16-27(22)19-13-12-17(3)15-18(19)4/h12-13,15H,6-11,14,16H2,1-5H3. The topological polar surface area (TPSA) is 41.4 Å². The molecule has 2 heterocycles. The minimum absolute atomic E-state index is 0.0803. The first-order chi connectivity index (χ1) is 13.5. The van der Waals surface area contributed by atoms with Crippen molar-refractivity contribution in [1.29, 1.82) is 0 Å². The molecule has 2 aromatic rings. The van der Waals surface area contributed by atoms with Gasteiger partial charge >= 0.3 is 0 Å². The molecule has 1 aromatic carbocycles. The Morgan fingerprint density at radius 2 is 1.82 bits per heavy atom. The Morgan fingerprint density at radius 3 is 2.50 bits per heavy atom. The highest BCUT2D eigenvalue weighted by atomic mass is 16.2. The summed E-state index contributed by atoms with van der Waals surface area (Å²) in [6, 6.07) is 6.47. The number of fused-ring (bicyclic) bond motifs is 1. The van der Waals surface area contributed by atoms with Crippen LogP contribution in [0.15, 0.2) is 18.2 Å². The number of rotatable bonds is 8. The van der Waals surface area contributed by atoms with Gasteiger partial charge in [0.1, 0.15) is 5.82 Å². The minimum Gasteiger partial charge on any atom is -0.322 e. The molecule has 0 saturated heterocycles. The van der Waals surface area contributed by atoms with Crippen molar-refractivity contribution in [2.45, 2.75) is 72.8 Å². The van der Waals surface area contributed by atoms with Crippen molar-refractivity contribution in [3.05, 3.63) is 40.8 Å². The molecule has 0 aliphatic carbocycles. The van der Waals surface area contributed by atoms with E-state index in [-0.39, 0.29) is 5.91 Å². The van der Waals surface area contributed by atoms with Crippen LogP contribution in [0, 0.1) is 13.8 Å². The number of aromatic nitrogens is 2. The lowest BCUT2D eigenvalue weighted by Crippen LogP contribution is -2.43. The molecule has 0 bridgehead atoms. The maximum atomic E-state index is 13.1. The van der Waals surface area contributed by atoms with Crippen molar-refractivity contribution in [3.63, 3.8) is 0 Å². The lowest BCUT2D eigenvalue weighted by atomic mass is 10.1. The van der Waals surface area contributed by atoms with Gasteiger partial charge in [-0.15, -0.1) is 0 Å². The van der Waals surface area contributed by atoms with Crippen molar-refractivity contribution in [1.82, 2.24) is 14.5 Å². The third kappa shape index (κ3) is 3.94.